The fraction of sp³-hybridized carbons (Fsp3) is 0.412. The molecular formula is C17H21N3OS. The van der Waals surface area contributed by atoms with Gasteiger partial charge in [0.2, 0.25) is 5.91 Å². The quantitative estimate of drug-likeness (QED) is 0.910. The molecule has 22 heavy (non-hydrogen) atoms. The Bertz CT molecular complexity index is 661. The van der Waals surface area contributed by atoms with Gasteiger partial charge in [0.15, 0.2) is 0 Å². The number of rotatable bonds is 4. The largest absolute Gasteiger partial charge is 0.349 e. The van der Waals surface area contributed by atoms with Crippen LogP contribution < -0.4 is 5.32 Å². The number of nitrogens with zero attached hydrogens (tertiary/aromatic N) is 1. The number of H-pyrrole nitrogens is 1. The Labute approximate surface area is 135 Å². The van der Waals surface area contributed by atoms with Crippen LogP contribution in [0.1, 0.15) is 41.4 Å². The van der Waals surface area contributed by atoms with Crippen LogP contribution in [0.3, 0.4) is 0 Å². The van der Waals surface area contributed by atoms with Gasteiger partial charge < -0.3 is 5.32 Å². The van der Waals surface area contributed by atoms with E-state index in [-0.39, 0.29) is 11.9 Å². The molecule has 1 atom stereocenters. The summed E-state index contributed by atoms with van der Waals surface area (Å²) >= 11 is 1.87. The number of aryl methyl sites for hydroxylation is 2. The lowest BCUT2D eigenvalue weighted by molar-refractivity contribution is -0.121. The second-order valence-corrected chi connectivity index (χ2v) is 6.84. The molecule has 4 nitrogen and oxygen atoms in total. The zero-order valence-corrected chi connectivity index (χ0v) is 13.8. The van der Waals surface area contributed by atoms with Crippen molar-refractivity contribution in [3.05, 3.63) is 46.8 Å². The zero-order chi connectivity index (χ0) is 15.5. The van der Waals surface area contributed by atoms with Crippen LogP contribution >= 0.6 is 11.8 Å². The van der Waals surface area contributed by atoms with Gasteiger partial charge in [-0.05, 0) is 43.9 Å². The average Bonchev–Trinajstić information content (AvgIpc) is 2.84. The Morgan fingerprint density at radius 2 is 2.23 bits per heavy atom. The number of hydrogen-bond donors (Lipinski definition) is 2. The van der Waals surface area contributed by atoms with Crippen molar-refractivity contribution in [3.8, 4) is 0 Å². The summed E-state index contributed by atoms with van der Waals surface area (Å²) in [5, 5.41) is 10.3. The Hall–Kier alpha value is -1.75. The molecule has 1 aliphatic heterocycles. The molecule has 0 radical (unpaired) electrons. The maximum Gasteiger partial charge on any atom is 0.220 e. The van der Waals surface area contributed by atoms with Crippen molar-refractivity contribution in [1.82, 2.24) is 15.5 Å². The molecule has 2 N–H and O–H groups in total. The van der Waals surface area contributed by atoms with E-state index in [2.05, 4.69) is 33.7 Å². The second kappa shape index (κ2) is 6.57. The first kappa shape index (κ1) is 15.2. The second-order valence-electron chi connectivity index (χ2n) is 5.71. The minimum Gasteiger partial charge on any atom is -0.349 e. The van der Waals surface area contributed by atoms with Crippen molar-refractivity contribution in [2.24, 2.45) is 0 Å². The van der Waals surface area contributed by atoms with Gasteiger partial charge in [0, 0.05) is 22.8 Å². The molecule has 0 saturated carbocycles. The molecule has 5 heteroatoms. The van der Waals surface area contributed by atoms with Crippen LogP contribution in [0.25, 0.3) is 0 Å². The van der Waals surface area contributed by atoms with E-state index in [4.69, 9.17) is 0 Å². The molecule has 0 aliphatic carbocycles. The topological polar surface area (TPSA) is 57.8 Å². The van der Waals surface area contributed by atoms with Gasteiger partial charge >= 0.3 is 0 Å². The Morgan fingerprint density at radius 3 is 3.00 bits per heavy atom. The fourth-order valence-electron chi connectivity index (χ4n) is 2.94. The van der Waals surface area contributed by atoms with Crippen molar-refractivity contribution < 1.29 is 4.79 Å². The van der Waals surface area contributed by atoms with Gasteiger partial charge in [0.05, 0.1) is 11.7 Å². The van der Waals surface area contributed by atoms with E-state index >= 15 is 0 Å². The molecule has 0 bridgehead atoms. The third kappa shape index (κ3) is 3.19. The van der Waals surface area contributed by atoms with Crippen LogP contribution in [0, 0.1) is 13.8 Å². The molecule has 2 aromatic rings. The first-order chi connectivity index (χ1) is 10.6. The van der Waals surface area contributed by atoms with Crippen LogP contribution in [-0.2, 0) is 11.2 Å². The van der Waals surface area contributed by atoms with Crippen LogP contribution in [0.5, 0.6) is 0 Å². The summed E-state index contributed by atoms with van der Waals surface area (Å²) in [6.45, 7) is 3.98. The fourth-order valence-corrected chi connectivity index (χ4v) is 4.06. The van der Waals surface area contributed by atoms with E-state index in [0.717, 1.165) is 35.5 Å². The highest BCUT2D eigenvalue weighted by atomic mass is 32.2. The van der Waals surface area contributed by atoms with Gasteiger partial charge in [-0.15, -0.1) is 11.8 Å². The van der Waals surface area contributed by atoms with Crippen LogP contribution in [0.15, 0.2) is 29.2 Å². The van der Waals surface area contributed by atoms with E-state index < -0.39 is 0 Å². The van der Waals surface area contributed by atoms with Crippen molar-refractivity contribution in [3.63, 3.8) is 0 Å². The number of carbonyl (C=O) groups is 1. The summed E-state index contributed by atoms with van der Waals surface area (Å²) in [6.07, 6.45) is 2.24. The molecule has 2 heterocycles. The van der Waals surface area contributed by atoms with E-state index in [1.807, 2.05) is 31.7 Å². The molecule has 0 unspecified atom stereocenters. The Morgan fingerprint density at radius 1 is 1.41 bits per heavy atom. The summed E-state index contributed by atoms with van der Waals surface area (Å²) in [5.74, 6) is 1.17. The number of aromatic amines is 1. The highest BCUT2D eigenvalue weighted by molar-refractivity contribution is 7.99. The number of nitrogens with one attached hydrogen (secondary N) is 2. The number of aromatic nitrogens is 2. The van der Waals surface area contributed by atoms with Crippen LogP contribution in [-0.4, -0.2) is 21.9 Å². The minimum absolute atomic E-state index is 0.117. The lowest BCUT2D eigenvalue weighted by atomic mass is 10.0. The molecule has 0 fully saturated rings. The SMILES string of the molecule is Cc1n[nH]c(C)c1CCC(=O)N[C@@H]1CCSc2ccccc21. The third-order valence-electron chi connectivity index (χ3n) is 4.18. The molecular weight excluding hydrogens is 294 g/mol. The number of hydrogen-bond acceptors (Lipinski definition) is 3. The lowest BCUT2D eigenvalue weighted by Gasteiger charge is -2.25. The summed E-state index contributed by atoms with van der Waals surface area (Å²) in [6, 6.07) is 8.51. The minimum atomic E-state index is 0.117. The molecule has 0 spiro atoms. The van der Waals surface area contributed by atoms with Gasteiger partial charge in [-0.1, -0.05) is 18.2 Å². The predicted octanol–water partition coefficient (Wildman–Crippen LogP) is 3.31. The van der Waals surface area contributed by atoms with Crippen LogP contribution in [0.4, 0.5) is 0 Å². The molecule has 1 aromatic carbocycles. The number of amides is 1. The van der Waals surface area contributed by atoms with Gasteiger partial charge in [-0.25, -0.2) is 0 Å². The van der Waals surface area contributed by atoms with Gasteiger partial charge in [-0.3, -0.25) is 9.89 Å². The summed E-state index contributed by atoms with van der Waals surface area (Å²) in [7, 11) is 0. The number of thioether (sulfide) groups is 1. The molecule has 1 aliphatic rings. The van der Waals surface area contributed by atoms with Crippen LogP contribution in [0.2, 0.25) is 0 Å². The number of benzene rings is 1. The lowest BCUT2D eigenvalue weighted by Crippen LogP contribution is -2.30. The summed E-state index contributed by atoms with van der Waals surface area (Å²) in [5.41, 5.74) is 4.46. The first-order valence-corrected chi connectivity index (χ1v) is 8.65. The van der Waals surface area contributed by atoms with Crippen molar-refractivity contribution >= 4 is 17.7 Å². The molecule has 116 valence electrons. The zero-order valence-electron chi connectivity index (χ0n) is 13.0. The van der Waals surface area contributed by atoms with Crippen molar-refractivity contribution in [2.75, 3.05) is 5.75 Å². The Kier molecular flexibility index (Phi) is 4.52. The number of carbonyl (C=O) groups excluding carboxylic acids is 1. The van der Waals surface area contributed by atoms with E-state index in [1.165, 1.54) is 10.5 Å². The highest BCUT2D eigenvalue weighted by Gasteiger charge is 2.21. The Balaban J connectivity index is 1.61. The smallest absolute Gasteiger partial charge is 0.220 e. The van der Waals surface area contributed by atoms with E-state index in [9.17, 15) is 4.79 Å². The van der Waals surface area contributed by atoms with Crippen molar-refractivity contribution in [2.45, 2.75) is 44.0 Å². The predicted molar refractivity (Wildman–Crippen MR) is 89.0 cm³/mol. The molecule has 3 rings (SSSR count). The monoisotopic (exact) mass is 315 g/mol. The normalized spacial score (nSPS) is 17.1. The highest BCUT2D eigenvalue weighted by Crippen LogP contribution is 2.35. The molecule has 1 aromatic heterocycles. The molecule has 1 amide bonds. The maximum absolute atomic E-state index is 12.3. The summed E-state index contributed by atoms with van der Waals surface area (Å²) < 4.78 is 0. The van der Waals surface area contributed by atoms with Gasteiger partial charge in [0.25, 0.3) is 0 Å². The number of fused-ring (bicyclic) bond motifs is 1. The van der Waals surface area contributed by atoms with Gasteiger partial charge in [0.1, 0.15) is 0 Å². The maximum atomic E-state index is 12.3. The van der Waals surface area contributed by atoms with E-state index in [0.29, 0.717) is 6.42 Å². The van der Waals surface area contributed by atoms with Gasteiger partial charge in [-0.2, -0.15) is 5.10 Å². The summed E-state index contributed by atoms with van der Waals surface area (Å²) in [4.78, 5) is 13.6. The van der Waals surface area contributed by atoms with E-state index in [1.54, 1.807) is 0 Å². The average molecular weight is 315 g/mol. The first-order valence-electron chi connectivity index (χ1n) is 7.66. The van der Waals surface area contributed by atoms with Crippen molar-refractivity contribution in [1.29, 1.82) is 0 Å². The third-order valence-corrected chi connectivity index (χ3v) is 5.30. The standard InChI is InChI=1S/C17H21N3OS/c1-11-13(12(2)20-19-11)7-8-17(21)18-15-9-10-22-16-6-4-3-5-14(15)16/h3-6,15H,7-10H2,1-2H3,(H,18,21)(H,19,20)/t15-/m1/s1. The molecule has 0 saturated heterocycles.